The molecule has 6 heterocycles. The third-order valence-electron chi connectivity index (χ3n) is 25.1. The minimum atomic E-state index is -0.732. The number of carboxylic acids is 2. The van der Waals surface area contributed by atoms with Crippen molar-refractivity contribution in [3.63, 3.8) is 0 Å². The van der Waals surface area contributed by atoms with Crippen molar-refractivity contribution in [2.75, 3.05) is 48.3 Å². The molecular weight excluding hydrogens is 1480 g/mol. The summed E-state index contributed by atoms with van der Waals surface area (Å²) in [6.07, 6.45) is 31.3. The highest BCUT2D eigenvalue weighted by atomic mass is 16.7. The minimum Gasteiger partial charge on any atom is -0.481 e. The van der Waals surface area contributed by atoms with Gasteiger partial charge >= 0.3 is 35.8 Å². The number of aliphatic hydroxyl groups is 2. The maximum atomic E-state index is 12.7. The lowest BCUT2D eigenvalue weighted by atomic mass is 9.68. The number of aliphatic hydroxyl groups excluding tert-OH is 2. The molecule has 116 heavy (non-hydrogen) atoms. The van der Waals surface area contributed by atoms with Gasteiger partial charge in [0.25, 0.3) is 0 Å². The second-order valence-corrected chi connectivity index (χ2v) is 35.2. The van der Waals surface area contributed by atoms with Crippen LogP contribution in [0.1, 0.15) is 292 Å². The molecule has 4 N–H and O–H groups in total. The van der Waals surface area contributed by atoms with E-state index in [1.54, 1.807) is 21.3 Å². The van der Waals surface area contributed by atoms with Gasteiger partial charge in [-0.25, -0.2) is 0 Å². The summed E-state index contributed by atoms with van der Waals surface area (Å²) in [5.74, 6) is -1.17. The number of carbonyl (C=O) groups excluding carboxylic acids is 4. The van der Waals surface area contributed by atoms with Crippen molar-refractivity contribution in [1.82, 2.24) is 0 Å². The number of esters is 4. The molecule has 18 atom stereocenters. The standard InChI is InChI=1S/C33H48O7.C26H44O7.C17H24O4.C16H26O4.CH4O/c1-24(2)18-19-27-32(3,40-27)31-30(36-4)26(20-21-33(31)23-38-33)39-29(35)17-13-8-6-5-7-12-16-28(34)37-22-25-14-10-9-11-15-25;1-18(2)13-14-20-25(3,33-20)24-23(30-4)19(15-16-26(24)17-31-26)32-22(29)12-10-8-6-5-7-9-11-21(27)28;18-16(19)12-8-3-1-2-4-9-13-17(20)21-14-15-10-6-5-7-11-15;1-10(2)5-6-12-15(3,20-12)14-13(18-4)11(17)7-8-16(14)9-19-16;1-2/h9-11,14-15,18,26-27,30-31H,5-8,12-13,16-17,19-23H2,1-4H3;18-20,23-24H,5-17H2,1-4H3,(H,27,28);5-7,10-11H,1-4,8-9,12-14H2,(H,18,19);5,11-14,17H,6-9H2,1-4H3;2H,1H3/t26-,27-,30-,31-,32+,33+;19-,20-,23-,24-,25+,26+;;11-,12-,13-,14-,15+,16+;/m11.1./s1. The molecule has 23 heteroatoms. The number of benzene rings is 2. The monoisotopic (exact) mass is 1630 g/mol. The van der Waals surface area contributed by atoms with Crippen molar-refractivity contribution >= 4 is 35.8 Å². The lowest BCUT2D eigenvalue weighted by Gasteiger charge is -2.42. The topological polar surface area (TPSA) is 323 Å². The number of unbranched alkanes of at least 4 members (excludes halogenated alkanes) is 15. The van der Waals surface area contributed by atoms with Crippen LogP contribution in [0.15, 0.2) is 84.0 Å². The lowest BCUT2D eigenvalue weighted by molar-refractivity contribution is -0.172. The van der Waals surface area contributed by atoms with Crippen LogP contribution in [0.5, 0.6) is 0 Å². The van der Waals surface area contributed by atoms with Gasteiger partial charge in [-0.1, -0.05) is 175 Å². The molecule has 6 saturated heterocycles. The lowest BCUT2D eigenvalue weighted by Crippen LogP contribution is -2.55. The van der Waals surface area contributed by atoms with Crippen molar-refractivity contribution in [3.8, 4) is 0 Å². The minimum absolute atomic E-state index is 0.0442. The van der Waals surface area contributed by atoms with Gasteiger partial charge < -0.3 is 82.0 Å². The number of carboxylic acid groups (broad SMARTS) is 2. The molecule has 0 radical (unpaired) electrons. The molecule has 3 aliphatic carbocycles. The Bertz CT molecular complexity index is 3320. The zero-order chi connectivity index (χ0) is 84.5. The Balaban J connectivity index is 0.000000221. The number of methoxy groups -OCH3 is 3. The summed E-state index contributed by atoms with van der Waals surface area (Å²) in [6, 6.07) is 19.4. The molecule has 11 rings (SSSR count). The first-order valence-electron chi connectivity index (χ1n) is 43.7. The summed E-state index contributed by atoms with van der Waals surface area (Å²) in [5.41, 5.74) is 3.25. The summed E-state index contributed by atoms with van der Waals surface area (Å²) in [6.45, 7) is 22.3. The molecule has 656 valence electrons. The first-order valence-corrected chi connectivity index (χ1v) is 43.7. The van der Waals surface area contributed by atoms with E-state index in [-0.39, 0.29) is 137 Å². The summed E-state index contributed by atoms with van der Waals surface area (Å²) in [7, 11) is 6.10. The van der Waals surface area contributed by atoms with Crippen LogP contribution in [-0.2, 0) is 104 Å². The van der Waals surface area contributed by atoms with Crippen LogP contribution in [0.3, 0.4) is 0 Å². The third-order valence-corrected chi connectivity index (χ3v) is 25.1. The largest absolute Gasteiger partial charge is 0.481 e. The molecule has 0 unspecified atom stereocenters. The van der Waals surface area contributed by atoms with Gasteiger partial charge in [0.05, 0.1) is 73.7 Å². The van der Waals surface area contributed by atoms with E-state index in [1.807, 2.05) is 60.7 Å². The van der Waals surface area contributed by atoms with E-state index >= 15 is 0 Å². The smallest absolute Gasteiger partial charge is 0.306 e. The fourth-order valence-corrected chi connectivity index (χ4v) is 18.1. The highest BCUT2D eigenvalue weighted by Gasteiger charge is 2.75. The highest BCUT2D eigenvalue weighted by Crippen LogP contribution is 2.62. The van der Waals surface area contributed by atoms with Gasteiger partial charge in [0.1, 0.15) is 65.6 Å². The molecule has 2 aromatic rings. The summed E-state index contributed by atoms with van der Waals surface area (Å²) in [5, 5.41) is 34.4. The second kappa shape index (κ2) is 48.1. The Morgan fingerprint density at radius 3 is 1.06 bits per heavy atom. The quantitative estimate of drug-likeness (QED) is 0.0157. The van der Waals surface area contributed by atoms with E-state index in [0.717, 1.165) is 218 Å². The molecule has 9 fully saturated rings. The van der Waals surface area contributed by atoms with Crippen LogP contribution in [0.25, 0.3) is 0 Å². The Kier molecular flexibility index (Phi) is 40.4. The van der Waals surface area contributed by atoms with E-state index in [9.17, 15) is 33.9 Å². The molecule has 0 aromatic heterocycles. The van der Waals surface area contributed by atoms with Crippen molar-refractivity contribution in [3.05, 3.63) is 95.1 Å². The maximum Gasteiger partial charge on any atom is 0.306 e. The van der Waals surface area contributed by atoms with Crippen LogP contribution in [0.2, 0.25) is 0 Å². The highest BCUT2D eigenvalue weighted by molar-refractivity contribution is 5.71. The zero-order valence-electron chi connectivity index (χ0n) is 72.6. The van der Waals surface area contributed by atoms with Crippen LogP contribution >= 0.6 is 0 Å². The predicted molar refractivity (Wildman–Crippen MR) is 441 cm³/mol. The Labute approximate surface area is 692 Å². The number of carbonyl (C=O) groups is 6. The molecule has 2 aromatic carbocycles. The third kappa shape index (κ3) is 30.5. The van der Waals surface area contributed by atoms with Gasteiger partial charge in [-0.15, -0.1) is 0 Å². The van der Waals surface area contributed by atoms with Gasteiger partial charge in [-0.3, -0.25) is 28.8 Å². The Hall–Kier alpha value is -5.70. The number of aliphatic carboxylic acids is 2. The van der Waals surface area contributed by atoms with Crippen molar-refractivity contribution in [2.24, 2.45) is 23.7 Å². The molecule has 3 spiro atoms. The predicted octanol–water partition coefficient (Wildman–Crippen LogP) is 17.0. The van der Waals surface area contributed by atoms with Gasteiger partial charge in [0.15, 0.2) is 0 Å². The van der Waals surface area contributed by atoms with E-state index in [1.165, 1.54) is 11.1 Å². The number of ether oxygens (including phenoxy) is 13. The van der Waals surface area contributed by atoms with Crippen LogP contribution in [-0.4, -0.2) is 193 Å². The van der Waals surface area contributed by atoms with E-state index in [2.05, 4.69) is 74.5 Å². The summed E-state index contributed by atoms with van der Waals surface area (Å²) in [4.78, 5) is 69.6. The van der Waals surface area contributed by atoms with E-state index in [4.69, 9.17) is 76.9 Å². The molecule has 0 amide bonds. The van der Waals surface area contributed by atoms with Crippen molar-refractivity contribution in [2.45, 2.75) is 382 Å². The van der Waals surface area contributed by atoms with E-state index in [0.29, 0.717) is 44.8 Å². The first-order chi connectivity index (χ1) is 55.6. The average Bonchev–Trinajstić information content (AvgIpc) is 1.55. The van der Waals surface area contributed by atoms with Crippen molar-refractivity contribution in [1.29, 1.82) is 0 Å². The zero-order valence-corrected chi connectivity index (χ0v) is 72.6. The molecule has 6 aliphatic heterocycles. The normalized spacial score (nSPS) is 31.0. The van der Waals surface area contributed by atoms with Crippen LogP contribution in [0, 0.1) is 23.7 Å². The molecule has 0 bridgehead atoms. The number of rotatable bonds is 46. The number of hydrogen-bond donors (Lipinski definition) is 4. The van der Waals surface area contributed by atoms with Crippen molar-refractivity contribution < 1.29 is 111 Å². The average molecular weight is 1630 g/mol. The number of hydrogen-bond acceptors (Lipinski definition) is 21. The number of allylic oxidation sites excluding steroid dienone is 2. The maximum absolute atomic E-state index is 12.7. The molecule has 3 saturated carbocycles. The molecule has 23 nitrogen and oxygen atoms in total. The van der Waals surface area contributed by atoms with Crippen LogP contribution in [0.4, 0.5) is 0 Å². The molecular formula is C93H146O23. The Morgan fingerprint density at radius 2 is 0.741 bits per heavy atom. The van der Waals surface area contributed by atoms with Gasteiger partial charge in [0, 0.05) is 67.0 Å². The SMILES string of the molecule is CO.CO[C@@H]1[C@H](O)CC[C@]2(CO2)[C@H]1[C@@]1(C)O[C@@H]1CC=C(C)C.CO[C@@H]1[C@H](OC(=O)CCCCCCCCC(=O)O)CC[C@]2(CO2)[C@H]1[C@@]1(C)O[C@@H]1CCC(C)C.CO[C@@H]1[C@H](OC(=O)CCCCCCCCC(=O)OCc2ccccc2)CC[C@]2(CO2)[C@H]1[C@@]1(C)O[C@@H]1CC=C(C)C.O=C(O)CCCCCCCCC(=O)OCc1ccccc1. The fourth-order valence-electron chi connectivity index (χ4n) is 18.1. The second-order valence-electron chi connectivity index (χ2n) is 35.2. The summed E-state index contributed by atoms with van der Waals surface area (Å²) < 4.78 is 76.3. The fraction of sp³-hybridized carbons (Fsp3) is 0.763. The van der Waals surface area contributed by atoms with Crippen LogP contribution < -0.4 is 0 Å². The van der Waals surface area contributed by atoms with Gasteiger partial charge in [-0.05, 0) is 168 Å². The molecule has 9 aliphatic rings. The van der Waals surface area contributed by atoms with Gasteiger partial charge in [-0.2, -0.15) is 0 Å². The number of epoxide rings is 6. The first kappa shape index (κ1) is 97.4. The van der Waals surface area contributed by atoms with Gasteiger partial charge in [0.2, 0.25) is 0 Å². The van der Waals surface area contributed by atoms with E-state index < -0.39 is 18.0 Å². The Morgan fingerprint density at radius 1 is 0.440 bits per heavy atom. The summed E-state index contributed by atoms with van der Waals surface area (Å²) >= 11 is 0.